The molecule has 0 aliphatic heterocycles. The molecule has 2 aromatic heterocycles. The van der Waals surface area contributed by atoms with Crippen LogP contribution < -0.4 is 0 Å². The molecule has 2 heterocycles. The summed E-state index contributed by atoms with van der Waals surface area (Å²) >= 11 is 0. The predicted octanol–water partition coefficient (Wildman–Crippen LogP) is 4.79. The molecule has 2 unspecified atom stereocenters. The largest absolute Gasteiger partial charge is 0.245 e. The maximum atomic E-state index is 14.8. The first-order valence-corrected chi connectivity index (χ1v) is 10.2. The molecule has 0 radical (unpaired) electrons. The van der Waals surface area contributed by atoms with Crippen LogP contribution in [0, 0.1) is 0 Å². The van der Waals surface area contributed by atoms with E-state index < -0.39 is 6.17 Å². The maximum Gasteiger partial charge on any atom is 0.122 e. The van der Waals surface area contributed by atoms with Crippen LogP contribution in [0.3, 0.4) is 0 Å². The van der Waals surface area contributed by atoms with Gasteiger partial charge in [0.1, 0.15) is 6.17 Å². The third-order valence-electron chi connectivity index (χ3n) is 4.78. The van der Waals surface area contributed by atoms with Crippen LogP contribution in [0.5, 0.6) is 0 Å². The van der Waals surface area contributed by atoms with E-state index in [4.69, 9.17) is 0 Å². The Hall–Kier alpha value is -1.79. The second-order valence-electron chi connectivity index (χ2n) is 8.38. The minimum Gasteiger partial charge on any atom is -0.245 e. The average molecular weight is 379 g/mol. The Morgan fingerprint density at radius 2 is 1.11 bits per heavy atom. The van der Waals surface area contributed by atoms with Gasteiger partial charge in [-0.15, -0.1) is 0 Å². The number of hydrogen-bond donors (Lipinski definition) is 0. The number of alkyl halides is 1. The summed E-state index contributed by atoms with van der Waals surface area (Å²) in [5.74, 6) is 0.842. The Bertz CT molecular complexity index is 705. The van der Waals surface area contributed by atoms with E-state index in [1.54, 1.807) is 4.80 Å². The molecular formula is C20H35FN6. The summed E-state index contributed by atoms with van der Waals surface area (Å²) in [6.45, 7) is 17.5. The van der Waals surface area contributed by atoms with Gasteiger partial charge in [0.05, 0.1) is 35.9 Å². The third-order valence-corrected chi connectivity index (χ3v) is 4.78. The highest BCUT2D eigenvalue weighted by atomic mass is 19.1. The van der Waals surface area contributed by atoms with Crippen molar-refractivity contribution in [3.8, 4) is 0 Å². The van der Waals surface area contributed by atoms with Crippen LogP contribution in [0.15, 0.2) is 0 Å². The van der Waals surface area contributed by atoms with E-state index >= 15 is 0 Å². The van der Waals surface area contributed by atoms with Crippen molar-refractivity contribution >= 4 is 0 Å². The number of rotatable bonds is 9. The van der Waals surface area contributed by atoms with Crippen LogP contribution in [0.4, 0.5) is 4.39 Å². The van der Waals surface area contributed by atoms with E-state index in [1.807, 2.05) is 13.8 Å². The molecule has 0 fully saturated rings. The minimum atomic E-state index is -1.03. The molecule has 2 aromatic rings. The van der Waals surface area contributed by atoms with Crippen LogP contribution in [0.2, 0.25) is 0 Å². The maximum absolute atomic E-state index is 14.8. The molecule has 152 valence electrons. The van der Waals surface area contributed by atoms with Gasteiger partial charge in [-0.25, -0.2) is 4.39 Å². The van der Waals surface area contributed by atoms with Crippen molar-refractivity contribution in [1.29, 1.82) is 0 Å². The van der Waals surface area contributed by atoms with Gasteiger partial charge < -0.3 is 0 Å². The summed E-state index contributed by atoms with van der Waals surface area (Å²) in [4.78, 5) is 3.24. The molecule has 0 bridgehead atoms. The number of aryl methyl sites for hydroxylation is 1. The van der Waals surface area contributed by atoms with Gasteiger partial charge in [-0.05, 0) is 31.1 Å². The quantitative estimate of drug-likeness (QED) is 0.629. The number of aromatic nitrogens is 6. The Balaban J connectivity index is 2.11. The van der Waals surface area contributed by atoms with Gasteiger partial charge in [-0.3, -0.25) is 0 Å². The van der Waals surface area contributed by atoms with Crippen LogP contribution >= 0.6 is 0 Å². The highest BCUT2D eigenvalue weighted by Gasteiger charge is 2.24. The van der Waals surface area contributed by atoms with Gasteiger partial charge in [0.25, 0.3) is 0 Å². The number of nitrogens with zero attached hydrogens (tertiary/aromatic N) is 6. The van der Waals surface area contributed by atoms with Gasteiger partial charge >= 0.3 is 0 Å². The van der Waals surface area contributed by atoms with Gasteiger partial charge in [0.15, 0.2) is 0 Å². The SMILES string of the molecule is CCn1nc(C(C)C)c(C(C)CC(F)Cn2nc(C(C)C)c(C(C)C)n2)n1. The molecule has 0 aromatic carbocycles. The zero-order chi connectivity index (χ0) is 20.3. The molecule has 27 heavy (non-hydrogen) atoms. The molecule has 7 heteroatoms. The minimum absolute atomic E-state index is 0.00222. The molecule has 0 saturated carbocycles. The van der Waals surface area contributed by atoms with Crippen LogP contribution in [-0.4, -0.2) is 36.2 Å². The van der Waals surface area contributed by atoms with Crippen molar-refractivity contribution < 1.29 is 4.39 Å². The standard InChI is InChI=1S/C20H35FN6/c1-9-26-22-19(14(6)7)20(25-26)15(8)10-16(21)11-27-23-17(12(2)3)18(24-27)13(4)5/h12-16H,9-11H2,1-8H3. The van der Waals surface area contributed by atoms with E-state index in [9.17, 15) is 4.39 Å². The zero-order valence-electron chi connectivity index (χ0n) is 18.1. The molecule has 6 nitrogen and oxygen atoms in total. The molecule has 0 aliphatic rings. The van der Waals surface area contributed by atoms with Gasteiger partial charge in [0, 0.05) is 5.92 Å². The average Bonchev–Trinajstić information content (AvgIpc) is 3.18. The fourth-order valence-electron chi connectivity index (χ4n) is 3.30. The fraction of sp³-hybridized carbons (Fsp3) is 0.800. The predicted molar refractivity (Wildman–Crippen MR) is 106 cm³/mol. The van der Waals surface area contributed by atoms with Crippen molar-refractivity contribution in [2.75, 3.05) is 0 Å². The van der Waals surface area contributed by atoms with Crippen molar-refractivity contribution in [3.63, 3.8) is 0 Å². The van der Waals surface area contributed by atoms with E-state index in [0.717, 1.165) is 29.3 Å². The Morgan fingerprint density at radius 3 is 1.56 bits per heavy atom. The molecule has 2 rings (SSSR count). The molecular weight excluding hydrogens is 343 g/mol. The van der Waals surface area contributed by atoms with Gasteiger partial charge in [-0.1, -0.05) is 48.5 Å². The molecule has 0 aliphatic carbocycles. The van der Waals surface area contributed by atoms with Crippen molar-refractivity contribution in [2.24, 2.45) is 0 Å². The van der Waals surface area contributed by atoms with E-state index in [2.05, 4.69) is 61.9 Å². The highest BCUT2D eigenvalue weighted by Crippen LogP contribution is 2.28. The Labute approximate surface area is 162 Å². The molecule has 0 saturated heterocycles. The van der Waals surface area contributed by atoms with E-state index in [0.29, 0.717) is 6.42 Å². The zero-order valence-corrected chi connectivity index (χ0v) is 18.1. The summed E-state index contributed by atoms with van der Waals surface area (Å²) in [7, 11) is 0. The second-order valence-corrected chi connectivity index (χ2v) is 8.38. The summed E-state index contributed by atoms with van der Waals surface area (Å²) in [5.41, 5.74) is 3.82. The second kappa shape index (κ2) is 8.93. The van der Waals surface area contributed by atoms with Gasteiger partial charge in [0.2, 0.25) is 0 Å². The first-order valence-electron chi connectivity index (χ1n) is 10.2. The topological polar surface area (TPSA) is 61.4 Å². The lowest BCUT2D eigenvalue weighted by Crippen LogP contribution is -2.17. The lowest BCUT2D eigenvalue weighted by Gasteiger charge is -2.14. The molecule has 0 spiro atoms. The van der Waals surface area contributed by atoms with Crippen molar-refractivity contribution in [1.82, 2.24) is 30.0 Å². The van der Waals surface area contributed by atoms with Crippen molar-refractivity contribution in [3.05, 3.63) is 22.8 Å². The smallest absolute Gasteiger partial charge is 0.122 e. The molecule has 2 atom stereocenters. The molecule has 0 N–H and O–H groups in total. The summed E-state index contributed by atoms with van der Waals surface area (Å²) < 4.78 is 14.8. The summed E-state index contributed by atoms with van der Waals surface area (Å²) in [5, 5.41) is 18.2. The summed E-state index contributed by atoms with van der Waals surface area (Å²) in [6.07, 6.45) is -0.642. The lowest BCUT2D eigenvalue weighted by molar-refractivity contribution is 0.244. The van der Waals surface area contributed by atoms with E-state index in [1.165, 1.54) is 4.80 Å². The molecule has 0 amide bonds. The Morgan fingerprint density at radius 1 is 0.704 bits per heavy atom. The first kappa shape index (κ1) is 21.5. The van der Waals surface area contributed by atoms with E-state index in [-0.39, 0.29) is 30.2 Å². The van der Waals surface area contributed by atoms with Crippen LogP contribution in [0.1, 0.15) is 108 Å². The fourth-order valence-corrected chi connectivity index (χ4v) is 3.30. The highest BCUT2D eigenvalue weighted by molar-refractivity contribution is 5.18. The third kappa shape index (κ3) is 5.14. The van der Waals surface area contributed by atoms with Crippen LogP contribution in [0.25, 0.3) is 0 Å². The van der Waals surface area contributed by atoms with Gasteiger partial charge in [-0.2, -0.15) is 30.0 Å². The summed E-state index contributed by atoms with van der Waals surface area (Å²) in [6, 6.07) is 0. The number of halogens is 1. The normalized spacial score (nSPS) is 14.5. The Kier molecular flexibility index (Phi) is 7.12. The lowest BCUT2D eigenvalue weighted by atomic mass is 9.95. The number of hydrogen-bond acceptors (Lipinski definition) is 4. The monoisotopic (exact) mass is 378 g/mol. The first-order chi connectivity index (χ1) is 12.6. The van der Waals surface area contributed by atoms with Crippen LogP contribution in [-0.2, 0) is 13.1 Å². The van der Waals surface area contributed by atoms with Crippen molar-refractivity contribution in [2.45, 2.75) is 105 Å².